The molecular formula is C22H40O5Si. The molecule has 0 saturated carbocycles. The van der Waals surface area contributed by atoms with Crippen LogP contribution in [0.1, 0.15) is 46.5 Å². The van der Waals surface area contributed by atoms with E-state index < -0.39 is 8.07 Å². The van der Waals surface area contributed by atoms with Gasteiger partial charge in [0.1, 0.15) is 0 Å². The molecule has 1 heterocycles. The Morgan fingerprint density at radius 1 is 1.25 bits per heavy atom. The van der Waals surface area contributed by atoms with Gasteiger partial charge in [-0.3, -0.25) is 0 Å². The lowest BCUT2D eigenvalue weighted by molar-refractivity contribution is -0.157. The SMILES string of the molecule is CCOC(=O)/C=C(/C[Si](C)(C)C)[C@H](CC(COC1CCCCO1)=C(C)C)OC. The Hall–Kier alpha value is -0.953. The molecule has 1 saturated heterocycles. The lowest BCUT2D eigenvalue weighted by atomic mass is 9.99. The molecule has 162 valence electrons. The molecule has 0 bridgehead atoms. The van der Waals surface area contributed by atoms with Gasteiger partial charge in [-0.15, -0.1) is 0 Å². The van der Waals surface area contributed by atoms with Crippen molar-refractivity contribution < 1.29 is 23.7 Å². The number of ether oxygens (including phenoxy) is 4. The highest BCUT2D eigenvalue weighted by molar-refractivity contribution is 6.76. The normalized spacial score (nSPS) is 19.2. The van der Waals surface area contributed by atoms with E-state index in [-0.39, 0.29) is 18.4 Å². The minimum atomic E-state index is -1.44. The lowest BCUT2D eigenvalue weighted by Gasteiger charge is -2.27. The fraction of sp³-hybridized carbons (Fsp3) is 0.773. The average Bonchev–Trinajstić information content (AvgIpc) is 2.61. The molecule has 0 radical (unpaired) electrons. The van der Waals surface area contributed by atoms with Crippen molar-refractivity contribution in [3.63, 3.8) is 0 Å². The number of hydrogen-bond donors (Lipinski definition) is 0. The molecule has 1 aliphatic rings. The van der Waals surface area contributed by atoms with Crippen LogP contribution in [-0.2, 0) is 23.7 Å². The van der Waals surface area contributed by atoms with Crippen molar-refractivity contribution in [3.8, 4) is 0 Å². The maximum absolute atomic E-state index is 12.1. The second-order valence-electron chi connectivity index (χ2n) is 8.85. The Kier molecular flexibility index (Phi) is 11.3. The molecular weight excluding hydrogens is 372 g/mol. The fourth-order valence-corrected chi connectivity index (χ4v) is 4.79. The van der Waals surface area contributed by atoms with E-state index in [9.17, 15) is 4.79 Å². The molecule has 5 nitrogen and oxygen atoms in total. The third-order valence-corrected chi connectivity index (χ3v) is 6.21. The van der Waals surface area contributed by atoms with Crippen molar-refractivity contribution in [3.05, 3.63) is 22.8 Å². The zero-order valence-corrected chi connectivity index (χ0v) is 19.9. The first kappa shape index (κ1) is 25.1. The van der Waals surface area contributed by atoms with Crippen LogP contribution >= 0.6 is 0 Å². The van der Waals surface area contributed by atoms with Gasteiger partial charge in [-0.2, -0.15) is 0 Å². The van der Waals surface area contributed by atoms with Crippen molar-refractivity contribution in [2.75, 3.05) is 26.9 Å². The summed E-state index contributed by atoms with van der Waals surface area (Å²) in [6, 6.07) is 0.896. The largest absolute Gasteiger partial charge is 0.463 e. The Bertz CT molecular complexity index is 538. The van der Waals surface area contributed by atoms with Gasteiger partial charge in [-0.25, -0.2) is 4.79 Å². The summed E-state index contributed by atoms with van der Waals surface area (Å²) < 4.78 is 22.7. The molecule has 1 fully saturated rings. The molecule has 1 rings (SSSR count). The van der Waals surface area contributed by atoms with Gasteiger partial charge in [0, 0.05) is 34.3 Å². The van der Waals surface area contributed by atoms with Gasteiger partial charge < -0.3 is 18.9 Å². The topological polar surface area (TPSA) is 54.0 Å². The lowest BCUT2D eigenvalue weighted by Crippen LogP contribution is -2.28. The van der Waals surface area contributed by atoms with Crippen LogP contribution in [-0.4, -0.2) is 53.4 Å². The number of rotatable bonds is 11. The van der Waals surface area contributed by atoms with E-state index >= 15 is 0 Å². The predicted octanol–water partition coefficient (Wildman–Crippen LogP) is 5.10. The van der Waals surface area contributed by atoms with Crippen molar-refractivity contribution >= 4 is 14.0 Å². The van der Waals surface area contributed by atoms with Crippen molar-refractivity contribution in [1.82, 2.24) is 0 Å². The molecule has 2 atom stereocenters. The van der Waals surface area contributed by atoms with Crippen LogP contribution in [0.25, 0.3) is 0 Å². The maximum atomic E-state index is 12.1. The van der Waals surface area contributed by atoms with Crippen LogP contribution in [0.15, 0.2) is 22.8 Å². The first-order valence-electron chi connectivity index (χ1n) is 10.4. The summed E-state index contributed by atoms with van der Waals surface area (Å²) in [6.07, 6.45) is 5.30. The smallest absolute Gasteiger partial charge is 0.330 e. The van der Waals surface area contributed by atoms with Crippen molar-refractivity contribution in [2.24, 2.45) is 0 Å². The highest BCUT2D eigenvalue weighted by Crippen LogP contribution is 2.27. The number of esters is 1. The zero-order valence-electron chi connectivity index (χ0n) is 18.9. The van der Waals surface area contributed by atoms with Crippen LogP contribution in [0.4, 0.5) is 0 Å². The monoisotopic (exact) mass is 412 g/mol. The highest BCUT2D eigenvalue weighted by atomic mass is 28.3. The minimum Gasteiger partial charge on any atom is -0.463 e. The Morgan fingerprint density at radius 2 is 1.96 bits per heavy atom. The van der Waals surface area contributed by atoms with Crippen LogP contribution in [0.2, 0.25) is 25.7 Å². The predicted molar refractivity (Wildman–Crippen MR) is 116 cm³/mol. The van der Waals surface area contributed by atoms with E-state index in [1.807, 2.05) is 6.92 Å². The molecule has 0 aromatic rings. The van der Waals surface area contributed by atoms with Gasteiger partial charge in [0.2, 0.25) is 0 Å². The second kappa shape index (κ2) is 12.6. The summed E-state index contributed by atoms with van der Waals surface area (Å²) >= 11 is 0. The van der Waals surface area contributed by atoms with E-state index in [1.165, 1.54) is 11.1 Å². The third-order valence-electron chi connectivity index (χ3n) is 4.74. The molecule has 28 heavy (non-hydrogen) atoms. The molecule has 0 aromatic carbocycles. The van der Waals surface area contributed by atoms with Crippen LogP contribution in [0, 0.1) is 0 Å². The first-order valence-corrected chi connectivity index (χ1v) is 14.2. The molecule has 6 heteroatoms. The molecule has 0 aliphatic carbocycles. The van der Waals surface area contributed by atoms with E-state index in [4.69, 9.17) is 18.9 Å². The summed E-state index contributed by atoms with van der Waals surface area (Å²) in [7, 11) is 0.274. The summed E-state index contributed by atoms with van der Waals surface area (Å²) in [5.74, 6) is -0.289. The average molecular weight is 413 g/mol. The number of hydrogen-bond acceptors (Lipinski definition) is 5. The highest BCUT2D eigenvalue weighted by Gasteiger charge is 2.25. The van der Waals surface area contributed by atoms with E-state index in [2.05, 4.69) is 33.5 Å². The van der Waals surface area contributed by atoms with Gasteiger partial charge in [0.15, 0.2) is 6.29 Å². The molecule has 0 N–H and O–H groups in total. The Labute approximate surface area is 172 Å². The van der Waals surface area contributed by atoms with E-state index in [0.29, 0.717) is 19.6 Å². The molecule has 1 unspecified atom stereocenters. The van der Waals surface area contributed by atoms with Crippen LogP contribution in [0.3, 0.4) is 0 Å². The maximum Gasteiger partial charge on any atom is 0.330 e. The number of carbonyl (C=O) groups excluding carboxylic acids is 1. The quantitative estimate of drug-likeness (QED) is 0.204. The van der Waals surface area contributed by atoms with E-state index in [1.54, 1.807) is 13.2 Å². The van der Waals surface area contributed by atoms with Gasteiger partial charge in [-0.05, 0) is 57.2 Å². The molecule has 0 spiro atoms. The number of carbonyl (C=O) groups is 1. The minimum absolute atomic E-state index is 0.111. The standard InChI is InChI=1S/C22H40O5Si/c1-8-25-21(23)14-19(16-28(5,6)7)20(24-4)13-18(17(2)3)15-27-22-11-9-10-12-26-22/h14,20,22H,8-13,15-16H2,1-7H3/b19-14-/t20-,22?/m0/s1. The van der Waals surface area contributed by atoms with Gasteiger partial charge >= 0.3 is 5.97 Å². The van der Waals surface area contributed by atoms with Gasteiger partial charge in [0.05, 0.1) is 19.3 Å². The zero-order chi connectivity index (χ0) is 21.2. The summed E-state index contributed by atoms with van der Waals surface area (Å²) in [6.45, 7) is 14.6. The Morgan fingerprint density at radius 3 is 2.46 bits per heavy atom. The van der Waals surface area contributed by atoms with Crippen LogP contribution < -0.4 is 0 Å². The van der Waals surface area contributed by atoms with Gasteiger partial charge in [-0.1, -0.05) is 25.2 Å². The third kappa shape index (κ3) is 10.0. The summed E-state index contributed by atoms with van der Waals surface area (Å²) in [5.41, 5.74) is 3.44. The second-order valence-corrected chi connectivity index (χ2v) is 14.3. The van der Waals surface area contributed by atoms with Crippen molar-refractivity contribution in [2.45, 2.75) is 84.5 Å². The first-order chi connectivity index (χ1) is 13.2. The van der Waals surface area contributed by atoms with Crippen LogP contribution in [0.5, 0.6) is 0 Å². The molecule has 0 aromatic heterocycles. The number of methoxy groups -OCH3 is 1. The summed E-state index contributed by atoms with van der Waals surface area (Å²) in [4.78, 5) is 12.1. The van der Waals surface area contributed by atoms with E-state index in [0.717, 1.165) is 37.5 Å². The molecule has 1 aliphatic heterocycles. The summed E-state index contributed by atoms with van der Waals surface area (Å²) in [5, 5.41) is 0. The van der Waals surface area contributed by atoms with Gasteiger partial charge in [0.25, 0.3) is 0 Å². The number of allylic oxidation sites excluding steroid dienone is 1. The Balaban J connectivity index is 2.90. The molecule has 0 amide bonds. The van der Waals surface area contributed by atoms with Crippen molar-refractivity contribution in [1.29, 1.82) is 0 Å². The fourth-order valence-electron chi connectivity index (χ4n) is 3.24.